The largest absolute Gasteiger partial charge is 0.312 e. The van der Waals surface area contributed by atoms with Crippen molar-refractivity contribution in [3.63, 3.8) is 0 Å². The molecule has 0 aromatic heterocycles. The standard InChI is InChI=1S/C15H14Cl2FN.ClH/c16-14-6-3-12(9-15(14)17)10-19-8-7-11-1-4-13(18)5-2-11;/h1-6,9,19H,7-8,10H2;1H. The highest BCUT2D eigenvalue weighted by Crippen LogP contribution is 2.22. The van der Waals surface area contributed by atoms with Crippen molar-refractivity contribution in [3.05, 3.63) is 69.5 Å². The maximum absolute atomic E-state index is 12.7. The van der Waals surface area contributed by atoms with Gasteiger partial charge in [-0.1, -0.05) is 41.4 Å². The first-order valence-electron chi connectivity index (χ1n) is 6.04. The fraction of sp³-hybridized carbons (Fsp3) is 0.200. The van der Waals surface area contributed by atoms with E-state index >= 15 is 0 Å². The predicted octanol–water partition coefficient (Wildman–Crippen LogP) is 4.89. The first-order chi connectivity index (χ1) is 9.15. The highest BCUT2D eigenvalue weighted by molar-refractivity contribution is 6.42. The minimum Gasteiger partial charge on any atom is -0.312 e. The maximum Gasteiger partial charge on any atom is 0.123 e. The van der Waals surface area contributed by atoms with Crippen LogP contribution in [0, 0.1) is 5.82 Å². The molecule has 0 heterocycles. The predicted molar refractivity (Wildman–Crippen MR) is 85.5 cm³/mol. The average Bonchev–Trinajstić information content (AvgIpc) is 2.41. The molecular formula is C15H15Cl3FN. The van der Waals surface area contributed by atoms with Crippen molar-refractivity contribution in [2.24, 2.45) is 0 Å². The average molecular weight is 335 g/mol. The molecule has 20 heavy (non-hydrogen) atoms. The quantitative estimate of drug-likeness (QED) is 0.768. The number of hydrogen-bond acceptors (Lipinski definition) is 1. The molecule has 0 radical (unpaired) electrons. The normalized spacial score (nSPS) is 10.2. The lowest BCUT2D eigenvalue weighted by atomic mass is 10.1. The molecule has 0 aliphatic rings. The molecule has 0 amide bonds. The van der Waals surface area contributed by atoms with E-state index in [0.29, 0.717) is 10.0 Å². The second kappa shape index (κ2) is 8.48. The molecule has 0 spiro atoms. The lowest BCUT2D eigenvalue weighted by Crippen LogP contribution is -2.16. The first kappa shape index (κ1) is 17.3. The van der Waals surface area contributed by atoms with Crippen molar-refractivity contribution in [1.82, 2.24) is 5.32 Å². The monoisotopic (exact) mass is 333 g/mol. The molecule has 0 saturated carbocycles. The Morgan fingerprint density at radius 1 is 0.900 bits per heavy atom. The number of nitrogens with one attached hydrogen (secondary N) is 1. The van der Waals surface area contributed by atoms with Crippen LogP contribution in [0.25, 0.3) is 0 Å². The Morgan fingerprint density at radius 2 is 1.55 bits per heavy atom. The van der Waals surface area contributed by atoms with Crippen molar-refractivity contribution in [2.45, 2.75) is 13.0 Å². The van der Waals surface area contributed by atoms with Gasteiger partial charge in [0.2, 0.25) is 0 Å². The third kappa shape index (κ3) is 5.29. The summed E-state index contributed by atoms with van der Waals surface area (Å²) in [5, 5.41) is 4.45. The molecule has 0 saturated heterocycles. The molecule has 0 unspecified atom stereocenters. The van der Waals surface area contributed by atoms with Crippen molar-refractivity contribution >= 4 is 35.6 Å². The van der Waals surface area contributed by atoms with Gasteiger partial charge in [0, 0.05) is 6.54 Å². The van der Waals surface area contributed by atoms with Gasteiger partial charge in [0.05, 0.1) is 10.0 Å². The van der Waals surface area contributed by atoms with Gasteiger partial charge in [-0.05, 0) is 48.4 Å². The molecular weight excluding hydrogens is 320 g/mol. The van der Waals surface area contributed by atoms with E-state index in [-0.39, 0.29) is 18.2 Å². The summed E-state index contributed by atoms with van der Waals surface area (Å²) in [6, 6.07) is 12.2. The van der Waals surface area contributed by atoms with Crippen LogP contribution in [0.5, 0.6) is 0 Å². The molecule has 1 N–H and O–H groups in total. The summed E-state index contributed by atoms with van der Waals surface area (Å²) in [5.41, 5.74) is 2.21. The van der Waals surface area contributed by atoms with Crippen LogP contribution < -0.4 is 5.32 Å². The Labute approximate surface area is 134 Å². The Kier molecular flexibility index (Phi) is 7.31. The van der Waals surface area contributed by atoms with E-state index in [2.05, 4.69) is 5.32 Å². The SMILES string of the molecule is Cl.Fc1ccc(CCNCc2ccc(Cl)c(Cl)c2)cc1. The van der Waals surface area contributed by atoms with Crippen LogP contribution in [-0.4, -0.2) is 6.54 Å². The zero-order valence-corrected chi connectivity index (χ0v) is 13.0. The highest BCUT2D eigenvalue weighted by Gasteiger charge is 1.99. The highest BCUT2D eigenvalue weighted by atomic mass is 35.5. The van der Waals surface area contributed by atoms with E-state index in [1.165, 1.54) is 12.1 Å². The van der Waals surface area contributed by atoms with Gasteiger partial charge in [-0.3, -0.25) is 0 Å². The van der Waals surface area contributed by atoms with Crippen LogP contribution in [0.1, 0.15) is 11.1 Å². The van der Waals surface area contributed by atoms with Gasteiger partial charge in [0.1, 0.15) is 5.82 Å². The molecule has 5 heteroatoms. The van der Waals surface area contributed by atoms with E-state index < -0.39 is 0 Å². The Balaban J connectivity index is 0.00000200. The molecule has 2 rings (SSSR count). The molecule has 108 valence electrons. The summed E-state index contributed by atoms with van der Waals surface area (Å²) in [6.07, 6.45) is 0.863. The molecule has 0 bridgehead atoms. The molecule has 2 aromatic rings. The molecule has 0 aliphatic heterocycles. The number of hydrogen-bond donors (Lipinski definition) is 1. The first-order valence-corrected chi connectivity index (χ1v) is 6.80. The van der Waals surface area contributed by atoms with Gasteiger partial charge in [-0.15, -0.1) is 12.4 Å². The van der Waals surface area contributed by atoms with Gasteiger partial charge < -0.3 is 5.32 Å². The van der Waals surface area contributed by atoms with E-state index in [1.54, 1.807) is 18.2 Å². The van der Waals surface area contributed by atoms with Crippen LogP contribution >= 0.6 is 35.6 Å². The fourth-order valence-corrected chi connectivity index (χ4v) is 2.09. The second-order valence-electron chi connectivity index (χ2n) is 4.30. The van der Waals surface area contributed by atoms with Gasteiger partial charge >= 0.3 is 0 Å². The summed E-state index contributed by atoms with van der Waals surface area (Å²) in [7, 11) is 0. The molecule has 0 atom stereocenters. The Hall–Kier alpha value is -0.800. The van der Waals surface area contributed by atoms with Crippen LogP contribution in [0.2, 0.25) is 10.0 Å². The summed E-state index contributed by atoms with van der Waals surface area (Å²) < 4.78 is 12.7. The van der Waals surface area contributed by atoms with E-state index in [0.717, 1.165) is 30.6 Å². The van der Waals surface area contributed by atoms with Gasteiger partial charge in [-0.25, -0.2) is 4.39 Å². The van der Waals surface area contributed by atoms with Gasteiger partial charge in [0.25, 0.3) is 0 Å². The van der Waals surface area contributed by atoms with Crippen LogP contribution in [0.4, 0.5) is 4.39 Å². The van der Waals surface area contributed by atoms with Crippen LogP contribution in [-0.2, 0) is 13.0 Å². The number of halogens is 4. The smallest absolute Gasteiger partial charge is 0.123 e. The topological polar surface area (TPSA) is 12.0 Å². The molecule has 1 nitrogen and oxygen atoms in total. The molecule has 0 fully saturated rings. The van der Waals surface area contributed by atoms with Gasteiger partial charge in [0.15, 0.2) is 0 Å². The molecule has 0 aliphatic carbocycles. The summed E-state index contributed by atoms with van der Waals surface area (Å²) in [4.78, 5) is 0. The number of benzene rings is 2. The fourth-order valence-electron chi connectivity index (χ4n) is 1.77. The summed E-state index contributed by atoms with van der Waals surface area (Å²) >= 11 is 11.8. The van der Waals surface area contributed by atoms with E-state index in [1.807, 2.05) is 12.1 Å². The van der Waals surface area contributed by atoms with Crippen molar-refractivity contribution in [1.29, 1.82) is 0 Å². The van der Waals surface area contributed by atoms with E-state index in [4.69, 9.17) is 23.2 Å². The lowest BCUT2D eigenvalue weighted by molar-refractivity contribution is 0.626. The van der Waals surface area contributed by atoms with Crippen molar-refractivity contribution < 1.29 is 4.39 Å². The zero-order chi connectivity index (χ0) is 13.7. The van der Waals surface area contributed by atoms with E-state index in [9.17, 15) is 4.39 Å². The summed E-state index contributed by atoms with van der Waals surface area (Å²) in [6.45, 7) is 1.56. The zero-order valence-electron chi connectivity index (χ0n) is 10.7. The minimum absolute atomic E-state index is 0. The van der Waals surface area contributed by atoms with Crippen molar-refractivity contribution in [2.75, 3.05) is 6.54 Å². The second-order valence-corrected chi connectivity index (χ2v) is 5.12. The lowest BCUT2D eigenvalue weighted by Gasteiger charge is -2.06. The molecule has 2 aromatic carbocycles. The minimum atomic E-state index is -0.201. The maximum atomic E-state index is 12.7. The third-order valence-electron chi connectivity index (χ3n) is 2.82. The van der Waals surface area contributed by atoms with Crippen LogP contribution in [0.3, 0.4) is 0 Å². The Morgan fingerprint density at radius 3 is 2.20 bits per heavy atom. The van der Waals surface area contributed by atoms with Crippen molar-refractivity contribution in [3.8, 4) is 0 Å². The third-order valence-corrected chi connectivity index (χ3v) is 3.56. The van der Waals surface area contributed by atoms with Gasteiger partial charge in [-0.2, -0.15) is 0 Å². The Bertz CT molecular complexity index is 543. The van der Waals surface area contributed by atoms with Crippen LogP contribution in [0.15, 0.2) is 42.5 Å². The number of rotatable bonds is 5. The summed E-state index contributed by atoms with van der Waals surface area (Å²) in [5.74, 6) is -0.201.